The second-order valence-electron chi connectivity index (χ2n) is 5.88. The first kappa shape index (κ1) is 19.9. The lowest BCUT2D eigenvalue weighted by Crippen LogP contribution is -2.41. The van der Waals surface area contributed by atoms with E-state index in [2.05, 4.69) is 20.9 Å². The summed E-state index contributed by atoms with van der Waals surface area (Å²) in [4.78, 5) is 14.4. The minimum atomic E-state index is -0.164. The number of anilines is 1. The Hall–Kier alpha value is -1.41. The number of morpholine rings is 1. The zero-order valence-corrected chi connectivity index (χ0v) is 16.0. The van der Waals surface area contributed by atoms with Crippen molar-refractivity contribution in [3.05, 3.63) is 28.8 Å². The summed E-state index contributed by atoms with van der Waals surface area (Å²) in [5.74, 6) is -0.164. The Labute approximate surface area is 159 Å². The Morgan fingerprint density at radius 3 is 2.84 bits per heavy atom. The molecule has 1 aromatic rings. The Kier molecular flexibility index (Phi) is 8.40. The molecule has 1 aliphatic rings. The number of nitrogens with one attached hydrogen (secondary N) is 3. The van der Waals surface area contributed by atoms with Crippen LogP contribution in [0.5, 0.6) is 0 Å². The lowest BCUT2D eigenvalue weighted by atomic mass is 10.2. The molecule has 1 saturated heterocycles. The molecule has 1 aliphatic heterocycles. The van der Waals surface area contributed by atoms with Crippen molar-refractivity contribution in [3.63, 3.8) is 0 Å². The fourth-order valence-corrected chi connectivity index (χ4v) is 2.84. The van der Waals surface area contributed by atoms with Crippen LogP contribution in [0, 0.1) is 6.92 Å². The Bertz CT molecular complexity index is 594. The maximum Gasteiger partial charge on any atom is 0.243 e. The number of hydrogen-bond acceptors (Lipinski definition) is 4. The summed E-state index contributed by atoms with van der Waals surface area (Å²) in [5.41, 5.74) is 1.56. The van der Waals surface area contributed by atoms with Gasteiger partial charge in [-0.3, -0.25) is 9.69 Å². The molecule has 3 N–H and O–H groups in total. The van der Waals surface area contributed by atoms with Gasteiger partial charge in [0.1, 0.15) is 0 Å². The van der Waals surface area contributed by atoms with Gasteiger partial charge in [-0.15, -0.1) is 0 Å². The van der Waals surface area contributed by atoms with Crippen molar-refractivity contribution in [2.75, 3.05) is 51.3 Å². The van der Waals surface area contributed by atoms with Crippen molar-refractivity contribution < 1.29 is 9.53 Å². The topological polar surface area (TPSA) is 65.6 Å². The molecule has 0 bridgehead atoms. The Morgan fingerprint density at radius 1 is 1.32 bits per heavy atom. The lowest BCUT2D eigenvalue weighted by molar-refractivity contribution is -0.115. The van der Waals surface area contributed by atoms with Crippen molar-refractivity contribution in [2.24, 2.45) is 0 Å². The number of benzene rings is 1. The maximum absolute atomic E-state index is 12.0. The van der Waals surface area contributed by atoms with E-state index in [-0.39, 0.29) is 12.5 Å². The van der Waals surface area contributed by atoms with E-state index in [9.17, 15) is 4.79 Å². The highest BCUT2D eigenvalue weighted by Gasteiger charge is 2.10. The third kappa shape index (κ3) is 7.15. The molecule has 0 aliphatic carbocycles. The average Bonchev–Trinajstić information content (AvgIpc) is 2.62. The van der Waals surface area contributed by atoms with E-state index >= 15 is 0 Å². The summed E-state index contributed by atoms with van der Waals surface area (Å²) >= 11 is 11.2. The highest BCUT2D eigenvalue weighted by Crippen LogP contribution is 2.22. The summed E-state index contributed by atoms with van der Waals surface area (Å²) in [6.45, 7) is 7.39. The maximum atomic E-state index is 12.0. The zero-order chi connectivity index (χ0) is 18.1. The number of ether oxygens (including phenoxy) is 1. The van der Waals surface area contributed by atoms with Gasteiger partial charge in [-0.1, -0.05) is 17.7 Å². The minimum absolute atomic E-state index is 0.112. The van der Waals surface area contributed by atoms with Gasteiger partial charge in [-0.2, -0.15) is 0 Å². The van der Waals surface area contributed by atoms with Gasteiger partial charge in [0.15, 0.2) is 5.11 Å². The number of carbonyl (C=O) groups excluding carboxylic acids is 1. The third-order valence-electron chi connectivity index (χ3n) is 3.99. The molecule has 0 spiro atoms. The summed E-state index contributed by atoms with van der Waals surface area (Å²) in [6.07, 6.45) is 0.996. The summed E-state index contributed by atoms with van der Waals surface area (Å²) < 4.78 is 5.32. The minimum Gasteiger partial charge on any atom is -0.379 e. The SMILES string of the molecule is Cc1c(Cl)cccc1NC(=O)CNC(=S)NCCCN1CCOCC1. The molecule has 0 radical (unpaired) electrons. The molecule has 6 nitrogen and oxygen atoms in total. The molecule has 2 rings (SSSR count). The molecule has 0 unspecified atom stereocenters. The molecular weight excluding hydrogens is 360 g/mol. The van der Waals surface area contributed by atoms with Gasteiger partial charge in [-0.25, -0.2) is 0 Å². The first-order chi connectivity index (χ1) is 12.1. The van der Waals surface area contributed by atoms with Gasteiger partial charge in [0.2, 0.25) is 5.91 Å². The monoisotopic (exact) mass is 384 g/mol. The van der Waals surface area contributed by atoms with Gasteiger partial charge < -0.3 is 20.7 Å². The van der Waals surface area contributed by atoms with Gasteiger partial charge in [-0.05, 0) is 49.8 Å². The van der Waals surface area contributed by atoms with Crippen molar-refractivity contribution >= 4 is 40.5 Å². The van der Waals surface area contributed by atoms with E-state index in [1.807, 2.05) is 13.0 Å². The first-order valence-electron chi connectivity index (χ1n) is 8.43. The molecule has 0 aromatic heterocycles. The van der Waals surface area contributed by atoms with Crippen molar-refractivity contribution in [1.29, 1.82) is 0 Å². The summed E-state index contributed by atoms with van der Waals surface area (Å²) in [7, 11) is 0. The number of carbonyl (C=O) groups is 1. The highest BCUT2D eigenvalue weighted by atomic mass is 35.5. The van der Waals surface area contributed by atoms with Crippen LogP contribution in [0.4, 0.5) is 5.69 Å². The standard InChI is InChI=1S/C17H25ClN4O2S/c1-13-14(18)4-2-5-15(13)21-16(23)12-20-17(25)19-6-3-7-22-8-10-24-11-9-22/h2,4-5H,3,6-12H2,1H3,(H,21,23)(H2,19,20,25). The van der Waals surface area contributed by atoms with Crippen molar-refractivity contribution in [2.45, 2.75) is 13.3 Å². The van der Waals surface area contributed by atoms with Crippen LogP contribution in [-0.4, -0.2) is 61.9 Å². The molecule has 1 heterocycles. The number of halogens is 1. The van der Waals surface area contributed by atoms with Crippen molar-refractivity contribution in [1.82, 2.24) is 15.5 Å². The zero-order valence-electron chi connectivity index (χ0n) is 14.4. The van der Waals surface area contributed by atoms with Crippen LogP contribution in [0.2, 0.25) is 5.02 Å². The molecule has 8 heteroatoms. The molecule has 1 amide bonds. The molecule has 25 heavy (non-hydrogen) atoms. The second-order valence-corrected chi connectivity index (χ2v) is 6.69. The normalized spacial score (nSPS) is 14.8. The number of nitrogens with zero attached hydrogens (tertiary/aromatic N) is 1. The smallest absolute Gasteiger partial charge is 0.243 e. The first-order valence-corrected chi connectivity index (χ1v) is 9.21. The van der Waals surface area contributed by atoms with E-state index < -0.39 is 0 Å². The van der Waals surface area contributed by atoms with Crippen LogP contribution in [-0.2, 0) is 9.53 Å². The number of amides is 1. The molecule has 0 atom stereocenters. The third-order valence-corrected chi connectivity index (χ3v) is 4.69. The summed E-state index contributed by atoms with van der Waals surface area (Å²) in [6, 6.07) is 5.42. The predicted octanol–water partition coefficient (Wildman–Crippen LogP) is 1.77. The Balaban J connectivity index is 1.59. The Morgan fingerprint density at radius 2 is 2.08 bits per heavy atom. The van der Waals surface area contributed by atoms with E-state index in [0.29, 0.717) is 15.8 Å². The van der Waals surface area contributed by atoms with Crippen LogP contribution in [0.3, 0.4) is 0 Å². The quantitative estimate of drug-likeness (QED) is 0.492. The van der Waals surface area contributed by atoms with Crippen LogP contribution in [0.25, 0.3) is 0 Å². The van der Waals surface area contributed by atoms with E-state index in [1.165, 1.54) is 0 Å². The largest absolute Gasteiger partial charge is 0.379 e. The van der Waals surface area contributed by atoms with Gasteiger partial charge in [0, 0.05) is 30.3 Å². The molecule has 1 fully saturated rings. The van der Waals surface area contributed by atoms with Crippen LogP contribution >= 0.6 is 23.8 Å². The second kappa shape index (κ2) is 10.6. The average molecular weight is 385 g/mol. The van der Waals surface area contributed by atoms with Crippen molar-refractivity contribution in [3.8, 4) is 0 Å². The van der Waals surface area contributed by atoms with Gasteiger partial charge in [0.05, 0.1) is 19.8 Å². The highest BCUT2D eigenvalue weighted by molar-refractivity contribution is 7.80. The predicted molar refractivity (Wildman–Crippen MR) is 105 cm³/mol. The fourth-order valence-electron chi connectivity index (χ4n) is 2.49. The molecule has 0 saturated carbocycles. The van der Waals surface area contributed by atoms with E-state index in [1.54, 1.807) is 12.1 Å². The number of rotatable bonds is 7. The number of hydrogen-bond donors (Lipinski definition) is 3. The fraction of sp³-hybridized carbons (Fsp3) is 0.529. The molecular formula is C17H25ClN4O2S. The van der Waals surface area contributed by atoms with Crippen LogP contribution in [0.15, 0.2) is 18.2 Å². The number of thiocarbonyl (C=S) groups is 1. The van der Waals surface area contributed by atoms with E-state index in [4.69, 9.17) is 28.6 Å². The summed E-state index contributed by atoms with van der Waals surface area (Å²) in [5, 5.41) is 9.98. The van der Waals surface area contributed by atoms with Gasteiger partial charge >= 0.3 is 0 Å². The molecule has 1 aromatic carbocycles. The van der Waals surface area contributed by atoms with E-state index in [0.717, 1.165) is 51.4 Å². The lowest BCUT2D eigenvalue weighted by Gasteiger charge is -2.26. The van der Waals surface area contributed by atoms with Crippen LogP contribution < -0.4 is 16.0 Å². The van der Waals surface area contributed by atoms with Crippen LogP contribution in [0.1, 0.15) is 12.0 Å². The molecule has 138 valence electrons. The van der Waals surface area contributed by atoms with Gasteiger partial charge in [0.25, 0.3) is 0 Å².